The summed E-state index contributed by atoms with van der Waals surface area (Å²) >= 11 is 0. The van der Waals surface area contributed by atoms with Crippen LogP contribution in [0.25, 0.3) is 0 Å². The van der Waals surface area contributed by atoms with Crippen molar-refractivity contribution in [1.29, 1.82) is 0 Å². The first-order chi connectivity index (χ1) is 58.3. The summed E-state index contributed by atoms with van der Waals surface area (Å²) in [6, 6.07) is -7.85. The van der Waals surface area contributed by atoms with E-state index in [0.29, 0.717) is 30.2 Å². The Morgan fingerprint density at radius 3 is 0.705 bits per heavy atom. The molecule has 14 N–H and O–H groups in total. The zero-order valence-electron chi connectivity index (χ0n) is 78.7. The smallest absolute Gasteiger partial charge is 0.736 e. The van der Waals surface area contributed by atoms with Crippen LogP contribution in [0.2, 0.25) is 0 Å². The number of hydrogen-bond acceptors (Lipinski definition) is 39. The fraction of sp³-hybridized carbons (Fsp3) is 0.826. The molecule has 0 aliphatic heterocycles. The van der Waals surface area contributed by atoms with E-state index >= 15 is 0 Å². The first-order valence-corrected chi connectivity index (χ1v) is 51.6. The Morgan fingerprint density at radius 1 is 0.288 bits per heavy atom. The van der Waals surface area contributed by atoms with Gasteiger partial charge in [-0.15, -0.1) is 0 Å². The van der Waals surface area contributed by atoms with Gasteiger partial charge in [-0.25, -0.2) is 227 Å². The minimum Gasteiger partial charge on any atom is -0.736 e. The molecule has 7 aliphatic rings. The second-order valence-electron chi connectivity index (χ2n) is 25.3. The van der Waals surface area contributed by atoms with Crippen LogP contribution in [-0.2, 0) is 134 Å². The van der Waals surface area contributed by atoms with E-state index in [9.17, 15) is 252 Å². The van der Waals surface area contributed by atoms with Crippen molar-refractivity contribution in [2.45, 2.75) is 225 Å². The number of nitrogens with one attached hydrogen (secondary N) is 12. The second kappa shape index (κ2) is 85.9. The quantitative estimate of drug-likeness (QED) is 0.0207. The standard InChI is InChI=1S/3C6H11F2NO3S.2C5H9F2NO3S.2C4H7F2NO3S.C2F4.C2H3F2NO3S.2C2H4FNO3S.2CH5NO3S.13Li.H3NO3S/c7-6(8)3-1-5(2-4-6)9-13(10,11)12;7-6(8)3-1-2-5(4-6)9-13(10,11)12;7-6(8)4-2-1-3-5(6)9-13(10,11)12;6-5(7)2-1-4(3-5)8-12(9,10)11;6-5(7)3-1-2-4(5)8-12(9,10)11;5-4(6)1-3(2-4)7-11(8,9)10;5-4(6)2-1-3(4)7-11(8,9)10;3-1(4)2(5)6;3-1-2(4)5-9(6,7)8;1-2(3)4-8(5,6)7;3-1-2-4-8(5,6)7;2*1-2-6(3,4)5;;;;;;;;;;;;;;1-5(2,3)4/h3*5,9H,1-4H2,(H,10,11,12);2*4,8H,1-3H2,(H,9,10,11);2*3,7H,1-2H2,(H,8,9,10);;1,5H,(H,6,7,8);4H,1H2,(H,5,6,7);1-2,4H,(H,5,6,7);2*2H,1H3,(H,3,4,5);;;;;;;;;;;;;;(H3,1,2,3,4)/q;;;;;;;;;;;;;13*+1;/p-13. The maximum Gasteiger partial charge on any atom is 1.00 e. The summed E-state index contributed by atoms with van der Waals surface area (Å²) < 4.78 is 657. The topological polar surface area (TPSA) is 914 Å². The molecule has 0 radical (unpaired) electrons. The monoisotopic (exact) mass is 2360 g/mol. The molecule has 5 unspecified atom stereocenters. The molecule has 7 rings (SSSR count). The summed E-state index contributed by atoms with van der Waals surface area (Å²) in [5, 5.41) is 3.77. The molecule has 0 saturated heterocycles. The molecule has 0 aromatic carbocycles. The Labute approximate surface area is 983 Å². The molecule has 146 heavy (non-hydrogen) atoms. The molecule has 52 nitrogen and oxygen atoms in total. The minimum absolute atomic E-state index is 0. The van der Waals surface area contributed by atoms with E-state index in [2.05, 4.69) is 11.7 Å². The number of rotatable bonds is 22. The van der Waals surface area contributed by atoms with Crippen molar-refractivity contribution in [3.63, 3.8) is 0 Å². The van der Waals surface area contributed by atoms with E-state index in [-0.39, 0.29) is 348 Å². The SMILES string of the molecule is C=C(F)NS(=O)(=O)[O-].CNS(=O)(=O)[O-].CNS(=O)(=O)[O-].FC(F)=C(F)F.NS(=O)(=O)[O-].O=S(=O)([O-])NC(F)=CF.O=S(=O)([O-])NC1CC(F)(F)C1.O=S(=O)([O-])NC1CCC(F)(F)C1.O=S(=O)([O-])NC1CCC(F)(F)CC1.O=S(=O)([O-])NC1CCC1(F)F.O=S(=O)([O-])NC1CCCC(F)(F)C1.O=S(=O)([O-])NC1CCCC1(F)F.O=S(=O)([O-])NC1CCCCC1(F)F.O=S(=O)([O-])NC=CF.[Li+].[Li+].[Li+].[Li+].[Li+].[Li+].[Li+].[Li+].[Li+].[Li+].[Li+].[Li+].[Li+]. The molecule has 7 fully saturated rings. The van der Waals surface area contributed by atoms with Crippen LogP contribution in [0.4, 0.5) is 96.6 Å². The summed E-state index contributed by atoms with van der Waals surface area (Å²) in [7, 11) is -57.3. The molecule has 0 bridgehead atoms. The van der Waals surface area contributed by atoms with Crippen molar-refractivity contribution in [2.24, 2.45) is 5.14 Å². The summed E-state index contributed by atoms with van der Waals surface area (Å²) in [5.41, 5.74) is 0. The Hall–Kier alpha value is 3.02. The summed E-state index contributed by atoms with van der Waals surface area (Å²) in [5.74, 6) is -23.6. The molecule has 804 valence electrons. The molecular weight excluding hydrogens is 2280 g/mol. The van der Waals surface area contributed by atoms with Crippen LogP contribution in [0, 0.1) is 0 Å². The number of nitrogens with two attached hydrogens (primary N) is 1. The van der Waals surface area contributed by atoms with Crippen molar-refractivity contribution in [1.82, 2.24) is 56.7 Å². The maximum absolute atomic E-state index is 12.9. The van der Waals surface area contributed by atoms with Crippen molar-refractivity contribution in [3.05, 3.63) is 49.5 Å². The van der Waals surface area contributed by atoms with Crippen molar-refractivity contribution < 1.29 is 510 Å². The van der Waals surface area contributed by atoms with E-state index in [1.807, 2.05) is 0 Å². The van der Waals surface area contributed by atoms with Crippen LogP contribution in [0.1, 0.15) is 141 Å². The molecule has 0 spiro atoms. The van der Waals surface area contributed by atoms with E-state index in [1.165, 1.54) is 28.3 Å². The molecule has 0 heterocycles. The first kappa shape index (κ1) is 196. The molecular formula is C46H76F22Li13N13O39S13. The Morgan fingerprint density at radius 2 is 0.527 bits per heavy atom. The van der Waals surface area contributed by atoms with Gasteiger partial charge >= 0.3 is 257 Å². The summed E-state index contributed by atoms with van der Waals surface area (Å²) in [6.45, 7) is 2.48. The van der Waals surface area contributed by atoms with Gasteiger partial charge < -0.3 is 59.2 Å². The first-order valence-electron chi connectivity index (χ1n) is 33.2. The summed E-state index contributed by atoms with van der Waals surface area (Å²) in [4.78, 5) is 0. The van der Waals surface area contributed by atoms with Gasteiger partial charge in [-0.05, 0) is 84.9 Å². The van der Waals surface area contributed by atoms with Crippen molar-refractivity contribution in [2.75, 3.05) is 14.1 Å². The molecule has 7 saturated carbocycles. The van der Waals surface area contributed by atoms with Gasteiger partial charge in [-0.3, -0.25) is 14.2 Å². The van der Waals surface area contributed by atoms with Crippen LogP contribution in [0.15, 0.2) is 49.5 Å². The van der Waals surface area contributed by atoms with Gasteiger partial charge in [0.1, 0.15) is 12.7 Å². The fourth-order valence-corrected chi connectivity index (χ4v) is 14.0. The van der Waals surface area contributed by atoms with E-state index in [4.69, 9.17) is 13.0 Å². The minimum atomic E-state index is -4.92. The zero-order valence-corrected chi connectivity index (χ0v) is 89.3. The van der Waals surface area contributed by atoms with E-state index < -0.39 is 274 Å². The molecule has 0 aromatic heterocycles. The molecule has 0 aromatic rings. The Balaban J connectivity index is -0.0000000651. The largest absolute Gasteiger partial charge is 1.00 e. The van der Waals surface area contributed by atoms with Crippen molar-refractivity contribution in [3.8, 4) is 0 Å². The molecule has 0 amide bonds. The van der Waals surface area contributed by atoms with Crippen LogP contribution in [0.3, 0.4) is 0 Å². The van der Waals surface area contributed by atoms with Crippen LogP contribution in [-0.4, -0.2) is 266 Å². The van der Waals surface area contributed by atoms with Gasteiger partial charge in [-0.2, -0.15) is 26.3 Å². The third-order valence-electron chi connectivity index (χ3n) is 14.0. The zero-order chi connectivity index (χ0) is 108. The van der Waals surface area contributed by atoms with Gasteiger partial charge in [0.15, 0.2) is 140 Å². The van der Waals surface area contributed by atoms with Crippen LogP contribution >= 0.6 is 0 Å². The predicted molar refractivity (Wildman–Crippen MR) is 385 cm³/mol. The van der Waals surface area contributed by atoms with Gasteiger partial charge in [0.25, 0.3) is 23.7 Å². The van der Waals surface area contributed by atoms with Gasteiger partial charge in [0, 0.05) is 101 Å². The van der Waals surface area contributed by atoms with E-state index in [1.54, 1.807) is 18.9 Å². The third kappa shape index (κ3) is 141. The van der Waals surface area contributed by atoms with Crippen molar-refractivity contribution >= 4 is 134 Å². The Kier molecular flexibility index (Phi) is 115. The number of hydrogen-bond donors (Lipinski definition) is 13. The number of halogens is 22. The third-order valence-corrected chi connectivity index (χ3v) is 20.5. The van der Waals surface area contributed by atoms with Gasteiger partial charge in [0.05, 0.1) is 18.1 Å². The fourth-order valence-electron chi connectivity index (χ4n) is 8.92. The van der Waals surface area contributed by atoms with Crippen LogP contribution < -0.4 is 307 Å². The summed E-state index contributed by atoms with van der Waals surface area (Å²) in [6.07, 6.45) is -9.09. The average molecular weight is 2360 g/mol. The Bertz CT molecular complexity index is 5250. The van der Waals surface area contributed by atoms with E-state index in [0.717, 1.165) is 18.8 Å². The predicted octanol–water partition coefficient (Wildman–Crippen LogP) is -40.5. The molecule has 100 heteroatoms. The molecule has 7 aliphatic carbocycles. The molecule has 5 atom stereocenters. The number of alkyl halides is 14. The average Bonchev–Trinajstić information content (AvgIpc) is 0.974. The van der Waals surface area contributed by atoms with Crippen LogP contribution in [0.5, 0.6) is 0 Å². The van der Waals surface area contributed by atoms with Gasteiger partial charge in [0.2, 0.25) is 23.7 Å². The second-order valence-corrected chi connectivity index (χ2v) is 40.3. The normalized spacial score (nSPS) is 19.9. The van der Waals surface area contributed by atoms with Gasteiger partial charge in [-0.1, -0.05) is 6.42 Å². The maximum atomic E-state index is 12.9.